The number of likely N-dealkylation sites (tertiary alicyclic amines) is 1. The lowest BCUT2D eigenvalue weighted by atomic mass is 9.85. The SMILES string of the molecule is CCN1CCCC(NC(=O)C2CCCC(N)C2)C1.Cl.Cl. The van der Waals surface area contributed by atoms with E-state index in [1.54, 1.807) is 0 Å². The Hall–Kier alpha value is -0.0300. The molecule has 4 nitrogen and oxygen atoms in total. The van der Waals surface area contributed by atoms with Crippen molar-refractivity contribution in [3.8, 4) is 0 Å². The Kier molecular flexibility index (Phi) is 9.81. The van der Waals surface area contributed by atoms with Crippen molar-refractivity contribution >= 4 is 30.7 Å². The lowest BCUT2D eigenvalue weighted by molar-refractivity contribution is -0.127. The van der Waals surface area contributed by atoms with Crippen LogP contribution in [0.1, 0.15) is 45.4 Å². The van der Waals surface area contributed by atoms with Gasteiger partial charge in [0.2, 0.25) is 5.91 Å². The molecule has 20 heavy (non-hydrogen) atoms. The van der Waals surface area contributed by atoms with E-state index in [0.29, 0.717) is 6.04 Å². The number of piperidine rings is 1. The second kappa shape index (κ2) is 9.82. The number of likely N-dealkylation sites (N-methyl/N-ethyl adjacent to an activating group) is 1. The Morgan fingerprint density at radius 1 is 1.25 bits per heavy atom. The van der Waals surface area contributed by atoms with Crippen molar-refractivity contribution in [1.82, 2.24) is 10.2 Å². The number of halogens is 2. The standard InChI is InChI=1S/C14H27N3O.2ClH/c1-2-17-8-4-7-13(10-17)16-14(18)11-5-3-6-12(15)9-11;;/h11-13H,2-10,15H2,1H3,(H,16,18);2*1H. The topological polar surface area (TPSA) is 58.4 Å². The minimum absolute atomic E-state index is 0. The molecule has 6 heteroatoms. The summed E-state index contributed by atoms with van der Waals surface area (Å²) >= 11 is 0. The van der Waals surface area contributed by atoms with Crippen molar-refractivity contribution in [1.29, 1.82) is 0 Å². The van der Waals surface area contributed by atoms with Crippen LogP contribution in [0.25, 0.3) is 0 Å². The predicted octanol–water partition coefficient (Wildman–Crippen LogP) is 1.95. The maximum atomic E-state index is 12.2. The summed E-state index contributed by atoms with van der Waals surface area (Å²) < 4.78 is 0. The van der Waals surface area contributed by atoms with E-state index < -0.39 is 0 Å². The van der Waals surface area contributed by atoms with Gasteiger partial charge in [0.25, 0.3) is 0 Å². The smallest absolute Gasteiger partial charge is 0.223 e. The third-order valence-corrected chi connectivity index (χ3v) is 4.38. The summed E-state index contributed by atoms with van der Waals surface area (Å²) in [5.41, 5.74) is 5.95. The molecular formula is C14H29Cl2N3O. The summed E-state index contributed by atoms with van der Waals surface area (Å²) in [6.07, 6.45) is 6.39. The number of amides is 1. The van der Waals surface area contributed by atoms with Crippen LogP contribution in [0.5, 0.6) is 0 Å². The fourth-order valence-electron chi connectivity index (χ4n) is 3.25. The quantitative estimate of drug-likeness (QED) is 0.833. The summed E-state index contributed by atoms with van der Waals surface area (Å²) in [4.78, 5) is 14.6. The van der Waals surface area contributed by atoms with Crippen molar-refractivity contribution in [3.63, 3.8) is 0 Å². The minimum Gasteiger partial charge on any atom is -0.352 e. The highest BCUT2D eigenvalue weighted by atomic mass is 35.5. The maximum absolute atomic E-state index is 12.2. The fraction of sp³-hybridized carbons (Fsp3) is 0.929. The molecule has 3 unspecified atom stereocenters. The molecule has 1 saturated heterocycles. The monoisotopic (exact) mass is 325 g/mol. The molecule has 1 saturated carbocycles. The number of carbonyl (C=O) groups excluding carboxylic acids is 1. The summed E-state index contributed by atoms with van der Waals surface area (Å²) in [5, 5.41) is 3.24. The number of nitrogens with two attached hydrogens (primary N) is 1. The molecule has 1 heterocycles. The zero-order valence-corrected chi connectivity index (χ0v) is 14.0. The van der Waals surface area contributed by atoms with Crippen molar-refractivity contribution in [2.24, 2.45) is 11.7 Å². The summed E-state index contributed by atoms with van der Waals surface area (Å²) in [7, 11) is 0. The van der Waals surface area contributed by atoms with Crippen LogP contribution in [0.3, 0.4) is 0 Å². The van der Waals surface area contributed by atoms with E-state index in [-0.39, 0.29) is 42.7 Å². The number of rotatable bonds is 3. The predicted molar refractivity (Wildman–Crippen MR) is 87.7 cm³/mol. The second-order valence-electron chi connectivity index (χ2n) is 5.86. The van der Waals surface area contributed by atoms with Gasteiger partial charge in [-0.05, 0) is 45.2 Å². The molecule has 0 bridgehead atoms. The zero-order valence-electron chi connectivity index (χ0n) is 12.3. The van der Waals surface area contributed by atoms with Gasteiger partial charge in [-0.1, -0.05) is 13.3 Å². The zero-order chi connectivity index (χ0) is 13.0. The van der Waals surface area contributed by atoms with Gasteiger partial charge in [0.15, 0.2) is 0 Å². The Labute approximate surface area is 135 Å². The molecule has 120 valence electrons. The number of carbonyl (C=O) groups is 1. The van der Waals surface area contributed by atoms with Crippen LogP contribution in [-0.2, 0) is 4.79 Å². The molecule has 2 aliphatic rings. The van der Waals surface area contributed by atoms with Gasteiger partial charge in [-0.15, -0.1) is 24.8 Å². The van der Waals surface area contributed by atoms with E-state index in [1.165, 1.54) is 13.0 Å². The van der Waals surface area contributed by atoms with Crippen LogP contribution in [0, 0.1) is 5.92 Å². The molecular weight excluding hydrogens is 297 g/mol. The highest BCUT2D eigenvalue weighted by molar-refractivity contribution is 5.85. The first-order chi connectivity index (χ1) is 8.69. The van der Waals surface area contributed by atoms with Gasteiger partial charge in [0.1, 0.15) is 0 Å². The lowest BCUT2D eigenvalue weighted by Gasteiger charge is -2.34. The largest absolute Gasteiger partial charge is 0.352 e. The first-order valence-corrected chi connectivity index (χ1v) is 7.47. The van der Waals surface area contributed by atoms with E-state index in [9.17, 15) is 4.79 Å². The molecule has 1 aliphatic heterocycles. The van der Waals surface area contributed by atoms with Gasteiger partial charge in [-0.3, -0.25) is 4.79 Å². The van der Waals surface area contributed by atoms with Crippen LogP contribution in [0.15, 0.2) is 0 Å². The van der Waals surface area contributed by atoms with Crippen LogP contribution in [0.4, 0.5) is 0 Å². The number of hydrogen-bond acceptors (Lipinski definition) is 3. The minimum atomic E-state index is 0. The average molecular weight is 326 g/mol. The average Bonchev–Trinajstić information content (AvgIpc) is 2.39. The Morgan fingerprint density at radius 2 is 2.00 bits per heavy atom. The highest BCUT2D eigenvalue weighted by Crippen LogP contribution is 2.23. The first kappa shape index (κ1) is 20.0. The molecule has 0 aromatic carbocycles. The van der Waals surface area contributed by atoms with Gasteiger partial charge < -0.3 is 16.0 Å². The Morgan fingerprint density at radius 3 is 2.65 bits per heavy atom. The number of hydrogen-bond donors (Lipinski definition) is 2. The Balaban J connectivity index is 0.00000180. The van der Waals surface area contributed by atoms with Crippen molar-refractivity contribution < 1.29 is 4.79 Å². The van der Waals surface area contributed by atoms with E-state index >= 15 is 0 Å². The van der Waals surface area contributed by atoms with E-state index in [2.05, 4.69) is 17.1 Å². The molecule has 0 radical (unpaired) electrons. The maximum Gasteiger partial charge on any atom is 0.223 e. The summed E-state index contributed by atoms with van der Waals surface area (Å²) in [6, 6.07) is 0.581. The first-order valence-electron chi connectivity index (χ1n) is 7.47. The van der Waals surface area contributed by atoms with Gasteiger partial charge in [-0.2, -0.15) is 0 Å². The van der Waals surface area contributed by atoms with Crippen molar-refractivity contribution in [2.75, 3.05) is 19.6 Å². The fourth-order valence-corrected chi connectivity index (χ4v) is 3.25. The van der Waals surface area contributed by atoms with Gasteiger partial charge in [-0.25, -0.2) is 0 Å². The molecule has 0 aromatic rings. The third kappa shape index (κ3) is 5.76. The molecule has 2 fully saturated rings. The second-order valence-corrected chi connectivity index (χ2v) is 5.86. The molecule has 0 aromatic heterocycles. The molecule has 3 N–H and O–H groups in total. The van der Waals surface area contributed by atoms with E-state index in [0.717, 1.165) is 45.2 Å². The van der Waals surface area contributed by atoms with E-state index in [1.807, 2.05) is 0 Å². The van der Waals surface area contributed by atoms with E-state index in [4.69, 9.17) is 5.73 Å². The normalized spacial score (nSPS) is 30.8. The van der Waals surface area contributed by atoms with Crippen LogP contribution in [0.2, 0.25) is 0 Å². The third-order valence-electron chi connectivity index (χ3n) is 4.38. The summed E-state index contributed by atoms with van der Waals surface area (Å²) in [5.74, 6) is 0.402. The number of nitrogens with zero attached hydrogens (tertiary/aromatic N) is 1. The lowest BCUT2D eigenvalue weighted by Crippen LogP contribution is -2.50. The van der Waals surface area contributed by atoms with Crippen LogP contribution >= 0.6 is 24.8 Å². The van der Waals surface area contributed by atoms with Gasteiger partial charge >= 0.3 is 0 Å². The van der Waals surface area contributed by atoms with Crippen molar-refractivity contribution in [2.45, 2.75) is 57.5 Å². The molecule has 1 aliphatic carbocycles. The van der Waals surface area contributed by atoms with Crippen LogP contribution in [-0.4, -0.2) is 42.5 Å². The van der Waals surface area contributed by atoms with Crippen LogP contribution < -0.4 is 11.1 Å². The van der Waals surface area contributed by atoms with Crippen molar-refractivity contribution in [3.05, 3.63) is 0 Å². The van der Waals surface area contributed by atoms with Gasteiger partial charge in [0.05, 0.1) is 0 Å². The Bertz CT molecular complexity index is 292. The molecule has 1 amide bonds. The molecule has 3 atom stereocenters. The molecule has 0 spiro atoms. The van der Waals surface area contributed by atoms with Gasteiger partial charge in [0, 0.05) is 24.5 Å². The highest BCUT2D eigenvalue weighted by Gasteiger charge is 2.28. The summed E-state index contributed by atoms with van der Waals surface area (Å²) in [6.45, 7) is 5.46. The molecule has 2 rings (SSSR count). The number of nitrogens with one attached hydrogen (secondary N) is 1.